The first-order chi connectivity index (χ1) is 15.3. The summed E-state index contributed by atoms with van der Waals surface area (Å²) in [7, 11) is 0. The van der Waals surface area contributed by atoms with E-state index in [1.807, 2.05) is 0 Å². The van der Waals surface area contributed by atoms with Gasteiger partial charge in [0.1, 0.15) is 0 Å². The maximum atomic E-state index is 2.37. The Bertz CT molecular complexity index is 1800. The van der Waals surface area contributed by atoms with Gasteiger partial charge >= 0.3 is 0 Å². The fourth-order valence-electron chi connectivity index (χ4n) is 5.55. The maximum absolute atomic E-state index is 2.37. The van der Waals surface area contributed by atoms with Crippen LogP contribution in [0.15, 0.2) is 103 Å². The van der Waals surface area contributed by atoms with Crippen LogP contribution in [-0.2, 0) is 0 Å². The van der Waals surface area contributed by atoms with E-state index in [0.29, 0.717) is 0 Å². The summed E-state index contributed by atoms with van der Waals surface area (Å²) < 4.78 is 0. The molecule has 7 aromatic carbocycles. The molecule has 0 heterocycles. The lowest BCUT2D eigenvalue weighted by Crippen LogP contribution is -1.89. The zero-order chi connectivity index (χ0) is 20.5. The molecular weight excluding hydrogens is 372 g/mol. The molecule has 0 aliphatic carbocycles. The SMILES string of the molecule is Cc1ccc2c3ccccc3c3ccc4c5ccccc5c5ccccc5c4c3c2c1. The summed E-state index contributed by atoms with van der Waals surface area (Å²) in [4.78, 5) is 0. The summed E-state index contributed by atoms with van der Waals surface area (Å²) in [5.74, 6) is 0. The molecule has 0 aliphatic rings. The Balaban J connectivity index is 1.93. The van der Waals surface area contributed by atoms with Crippen molar-refractivity contribution in [2.75, 3.05) is 0 Å². The lowest BCUT2D eigenvalue weighted by atomic mass is 9.86. The average Bonchev–Trinajstić information content (AvgIpc) is 2.83. The van der Waals surface area contributed by atoms with Crippen LogP contribution in [0.1, 0.15) is 5.56 Å². The smallest absolute Gasteiger partial charge is 0.00138 e. The van der Waals surface area contributed by atoms with Crippen LogP contribution in [0.25, 0.3) is 64.6 Å². The molecule has 0 spiro atoms. The van der Waals surface area contributed by atoms with E-state index in [-0.39, 0.29) is 0 Å². The number of fused-ring (bicyclic) bond motifs is 13. The first kappa shape index (κ1) is 16.8. The van der Waals surface area contributed by atoms with Crippen LogP contribution in [0, 0.1) is 6.92 Å². The van der Waals surface area contributed by atoms with Crippen LogP contribution in [-0.4, -0.2) is 0 Å². The molecule has 31 heavy (non-hydrogen) atoms. The topological polar surface area (TPSA) is 0 Å². The number of rotatable bonds is 0. The van der Waals surface area contributed by atoms with Gasteiger partial charge in [-0.05, 0) is 71.6 Å². The van der Waals surface area contributed by atoms with Crippen LogP contribution in [0.5, 0.6) is 0 Å². The lowest BCUT2D eigenvalue weighted by molar-refractivity contribution is 1.51. The minimum absolute atomic E-state index is 1.30. The van der Waals surface area contributed by atoms with Crippen LogP contribution in [0.2, 0.25) is 0 Å². The van der Waals surface area contributed by atoms with Crippen molar-refractivity contribution in [2.45, 2.75) is 6.92 Å². The number of hydrogen-bond donors (Lipinski definition) is 0. The molecule has 0 aliphatic heterocycles. The molecule has 144 valence electrons. The van der Waals surface area contributed by atoms with E-state index in [4.69, 9.17) is 0 Å². The highest BCUT2D eigenvalue weighted by molar-refractivity contribution is 6.39. The molecule has 0 unspecified atom stereocenters. The van der Waals surface area contributed by atoms with Gasteiger partial charge in [0, 0.05) is 0 Å². The summed E-state index contributed by atoms with van der Waals surface area (Å²) in [6.45, 7) is 2.19. The summed E-state index contributed by atoms with van der Waals surface area (Å²) in [6.07, 6.45) is 0. The monoisotopic (exact) mass is 392 g/mol. The largest absolute Gasteiger partial charge is 0.0616 e. The van der Waals surface area contributed by atoms with E-state index in [1.165, 1.54) is 70.2 Å². The Morgan fingerprint density at radius 1 is 0.323 bits per heavy atom. The molecule has 0 bridgehead atoms. The molecule has 7 rings (SSSR count). The molecule has 0 saturated heterocycles. The van der Waals surface area contributed by atoms with Gasteiger partial charge in [-0.15, -0.1) is 0 Å². The molecule has 0 atom stereocenters. The number of benzene rings is 7. The predicted molar refractivity (Wildman–Crippen MR) is 136 cm³/mol. The molecule has 0 fully saturated rings. The highest BCUT2D eigenvalue weighted by Gasteiger charge is 2.15. The summed E-state index contributed by atoms with van der Waals surface area (Å²) >= 11 is 0. The highest BCUT2D eigenvalue weighted by Crippen LogP contribution is 2.44. The summed E-state index contributed by atoms with van der Waals surface area (Å²) in [5, 5.41) is 16.1. The lowest BCUT2D eigenvalue weighted by Gasteiger charge is -2.16. The standard InChI is InChI=1S/C31H20/c1-19-14-15-25-21-9-3-5-12-24(21)28-17-16-27-23-11-4-2-8-20(23)22-10-6-7-13-26(22)30(27)31(28)29(25)18-19/h2-18H,1H3. The highest BCUT2D eigenvalue weighted by atomic mass is 14.2. The van der Waals surface area contributed by atoms with Gasteiger partial charge in [0.05, 0.1) is 0 Å². The Morgan fingerprint density at radius 2 is 0.645 bits per heavy atom. The van der Waals surface area contributed by atoms with Crippen molar-refractivity contribution < 1.29 is 0 Å². The quantitative estimate of drug-likeness (QED) is 0.226. The summed E-state index contributed by atoms with van der Waals surface area (Å²) in [6, 6.07) is 38.1. The molecule has 0 radical (unpaired) electrons. The zero-order valence-electron chi connectivity index (χ0n) is 17.3. The second kappa shape index (κ2) is 6.06. The summed E-state index contributed by atoms with van der Waals surface area (Å²) in [5.41, 5.74) is 1.30. The van der Waals surface area contributed by atoms with E-state index in [9.17, 15) is 0 Å². The third kappa shape index (κ3) is 2.20. The molecule has 0 amide bonds. The normalized spacial score (nSPS) is 12.0. The van der Waals surface area contributed by atoms with Gasteiger partial charge < -0.3 is 0 Å². The van der Waals surface area contributed by atoms with Gasteiger partial charge in [-0.25, -0.2) is 0 Å². The first-order valence-electron chi connectivity index (χ1n) is 10.9. The first-order valence-corrected chi connectivity index (χ1v) is 10.9. The molecule has 0 N–H and O–H groups in total. The van der Waals surface area contributed by atoms with Crippen molar-refractivity contribution in [3.8, 4) is 0 Å². The van der Waals surface area contributed by atoms with Gasteiger partial charge in [-0.1, -0.05) is 109 Å². The van der Waals surface area contributed by atoms with Crippen molar-refractivity contribution in [2.24, 2.45) is 0 Å². The Kier molecular flexibility index (Phi) is 3.29. The van der Waals surface area contributed by atoms with Crippen molar-refractivity contribution >= 4 is 64.6 Å². The average molecular weight is 393 g/mol. The van der Waals surface area contributed by atoms with Gasteiger partial charge in [0.2, 0.25) is 0 Å². The van der Waals surface area contributed by atoms with Gasteiger partial charge in [0.15, 0.2) is 0 Å². The molecule has 0 heteroatoms. The van der Waals surface area contributed by atoms with E-state index >= 15 is 0 Å². The van der Waals surface area contributed by atoms with Crippen molar-refractivity contribution in [3.05, 3.63) is 109 Å². The zero-order valence-corrected chi connectivity index (χ0v) is 17.3. The second-order valence-electron chi connectivity index (χ2n) is 8.60. The Hall–Kier alpha value is -3.90. The Morgan fingerprint density at radius 3 is 1.16 bits per heavy atom. The fraction of sp³-hybridized carbons (Fsp3) is 0.0323. The van der Waals surface area contributed by atoms with Gasteiger partial charge in [0.25, 0.3) is 0 Å². The van der Waals surface area contributed by atoms with Crippen molar-refractivity contribution in [1.82, 2.24) is 0 Å². The van der Waals surface area contributed by atoms with Crippen LogP contribution in [0.3, 0.4) is 0 Å². The van der Waals surface area contributed by atoms with Crippen LogP contribution in [0.4, 0.5) is 0 Å². The predicted octanol–water partition coefficient (Wildman–Crippen LogP) is 8.91. The molecule has 0 nitrogen and oxygen atoms in total. The number of hydrogen-bond acceptors (Lipinski definition) is 0. The van der Waals surface area contributed by atoms with E-state index in [2.05, 4.69) is 110 Å². The van der Waals surface area contributed by atoms with Gasteiger partial charge in [-0.3, -0.25) is 0 Å². The number of aryl methyl sites for hydroxylation is 1. The molecule has 7 aromatic rings. The minimum Gasteiger partial charge on any atom is -0.0616 e. The maximum Gasteiger partial charge on any atom is -0.00138 e. The van der Waals surface area contributed by atoms with E-state index < -0.39 is 0 Å². The van der Waals surface area contributed by atoms with Crippen LogP contribution < -0.4 is 0 Å². The second-order valence-corrected chi connectivity index (χ2v) is 8.60. The molecule has 0 aromatic heterocycles. The van der Waals surface area contributed by atoms with Crippen LogP contribution >= 0.6 is 0 Å². The van der Waals surface area contributed by atoms with E-state index in [1.54, 1.807) is 0 Å². The van der Waals surface area contributed by atoms with E-state index in [0.717, 1.165) is 0 Å². The third-order valence-electron chi connectivity index (χ3n) is 6.86. The molecular formula is C31H20. The van der Waals surface area contributed by atoms with Crippen molar-refractivity contribution in [1.29, 1.82) is 0 Å². The van der Waals surface area contributed by atoms with Crippen molar-refractivity contribution in [3.63, 3.8) is 0 Å². The molecule has 0 saturated carbocycles. The fourth-order valence-corrected chi connectivity index (χ4v) is 5.55. The third-order valence-corrected chi connectivity index (χ3v) is 6.86. The minimum atomic E-state index is 1.30. The van der Waals surface area contributed by atoms with Gasteiger partial charge in [-0.2, -0.15) is 0 Å². The Labute approximate surface area is 180 Å².